The molecule has 3 heterocycles. The standard InChI is InChI=1S/C17H18N6O3.C2H6.H2/c1-24-13-4-2-12(3-5-13)14-10-15(26-22-14)20-16-18-11-19-17(21-16)23-6-8-25-9-7-23;1-2;/h2-5,10-11H,6-9H2,1H3,(H,18,19,20,21);1-2H3;1H. The van der Waals surface area contributed by atoms with Gasteiger partial charge >= 0.3 is 0 Å². The second-order valence-corrected chi connectivity index (χ2v) is 5.64. The lowest BCUT2D eigenvalue weighted by Crippen LogP contribution is -2.37. The van der Waals surface area contributed by atoms with Crippen molar-refractivity contribution in [1.82, 2.24) is 20.1 Å². The molecule has 150 valence electrons. The fraction of sp³-hybridized carbons (Fsp3) is 0.368. The Labute approximate surface area is 165 Å². The summed E-state index contributed by atoms with van der Waals surface area (Å²) in [5.41, 5.74) is 1.63. The molecule has 1 aliphatic rings. The molecule has 0 aliphatic carbocycles. The van der Waals surface area contributed by atoms with Crippen LogP contribution in [0.25, 0.3) is 11.3 Å². The Kier molecular flexibility index (Phi) is 6.74. The third-order valence-corrected chi connectivity index (χ3v) is 3.98. The van der Waals surface area contributed by atoms with Gasteiger partial charge in [0.2, 0.25) is 17.8 Å². The number of ether oxygens (including phenoxy) is 2. The number of methoxy groups -OCH3 is 1. The SMILES string of the molecule is CC.COc1ccc(-c2cc(Nc3ncnc(N4CCOCC4)n3)on2)cc1.[HH]. The third kappa shape index (κ3) is 4.74. The summed E-state index contributed by atoms with van der Waals surface area (Å²) >= 11 is 0. The zero-order valence-corrected chi connectivity index (χ0v) is 16.3. The monoisotopic (exact) mass is 386 g/mol. The number of hydrogen-bond acceptors (Lipinski definition) is 9. The summed E-state index contributed by atoms with van der Waals surface area (Å²) in [4.78, 5) is 14.8. The molecule has 0 saturated carbocycles. The summed E-state index contributed by atoms with van der Waals surface area (Å²) in [6.45, 7) is 6.85. The molecule has 1 N–H and O–H groups in total. The van der Waals surface area contributed by atoms with Gasteiger partial charge in [-0.1, -0.05) is 19.0 Å². The molecule has 0 spiro atoms. The molecule has 28 heavy (non-hydrogen) atoms. The molecule has 0 bridgehead atoms. The van der Waals surface area contributed by atoms with E-state index in [0.29, 0.717) is 36.7 Å². The maximum Gasteiger partial charge on any atom is 0.234 e. The highest BCUT2D eigenvalue weighted by atomic mass is 16.5. The van der Waals surface area contributed by atoms with E-state index in [1.807, 2.05) is 38.1 Å². The molecule has 2 aromatic heterocycles. The molecule has 9 nitrogen and oxygen atoms in total. The first-order valence-corrected chi connectivity index (χ1v) is 9.22. The van der Waals surface area contributed by atoms with Gasteiger partial charge in [0.05, 0.1) is 20.3 Å². The van der Waals surface area contributed by atoms with Gasteiger partial charge in [-0.05, 0) is 24.3 Å². The average molecular weight is 386 g/mol. The Bertz CT molecular complexity index is 868. The summed E-state index contributed by atoms with van der Waals surface area (Å²) in [6, 6.07) is 9.37. The van der Waals surface area contributed by atoms with Crippen LogP contribution in [0.15, 0.2) is 41.2 Å². The molecular formula is C19H26N6O3. The van der Waals surface area contributed by atoms with Gasteiger partial charge in [-0.25, -0.2) is 9.97 Å². The van der Waals surface area contributed by atoms with Crippen LogP contribution < -0.4 is 15.0 Å². The quantitative estimate of drug-likeness (QED) is 0.707. The van der Waals surface area contributed by atoms with Crippen LogP contribution in [0, 0.1) is 0 Å². The maximum atomic E-state index is 5.35. The zero-order chi connectivity index (χ0) is 19.8. The highest BCUT2D eigenvalue weighted by Gasteiger charge is 2.15. The van der Waals surface area contributed by atoms with Crippen LogP contribution in [-0.2, 0) is 4.74 Å². The Morgan fingerprint density at radius 1 is 1.11 bits per heavy atom. The highest BCUT2D eigenvalue weighted by molar-refractivity contribution is 5.64. The van der Waals surface area contributed by atoms with E-state index in [0.717, 1.165) is 24.4 Å². The van der Waals surface area contributed by atoms with Crippen molar-refractivity contribution in [3.63, 3.8) is 0 Å². The van der Waals surface area contributed by atoms with Crippen LogP contribution in [0.3, 0.4) is 0 Å². The molecule has 4 rings (SSSR count). The van der Waals surface area contributed by atoms with Gasteiger partial charge in [-0.15, -0.1) is 0 Å². The van der Waals surface area contributed by atoms with E-state index in [-0.39, 0.29) is 1.43 Å². The number of aromatic nitrogens is 4. The fourth-order valence-electron chi connectivity index (χ4n) is 2.61. The Hall–Kier alpha value is -3.20. The van der Waals surface area contributed by atoms with Gasteiger partial charge in [0.15, 0.2) is 0 Å². The van der Waals surface area contributed by atoms with Crippen molar-refractivity contribution in [2.75, 3.05) is 43.6 Å². The van der Waals surface area contributed by atoms with Crippen molar-refractivity contribution in [1.29, 1.82) is 0 Å². The average Bonchev–Trinajstić information content (AvgIpc) is 3.24. The highest BCUT2D eigenvalue weighted by Crippen LogP contribution is 2.25. The van der Waals surface area contributed by atoms with E-state index >= 15 is 0 Å². The van der Waals surface area contributed by atoms with Crippen molar-refractivity contribution in [2.24, 2.45) is 0 Å². The van der Waals surface area contributed by atoms with E-state index in [9.17, 15) is 0 Å². The summed E-state index contributed by atoms with van der Waals surface area (Å²) in [5.74, 6) is 2.26. The minimum absolute atomic E-state index is 0. The molecule has 1 aliphatic heterocycles. The molecular weight excluding hydrogens is 360 g/mol. The molecule has 0 unspecified atom stereocenters. The van der Waals surface area contributed by atoms with Crippen molar-refractivity contribution in [3.8, 4) is 17.0 Å². The Morgan fingerprint density at radius 2 is 1.86 bits per heavy atom. The summed E-state index contributed by atoms with van der Waals surface area (Å²) < 4.78 is 15.8. The first-order chi connectivity index (χ1) is 13.8. The lowest BCUT2D eigenvalue weighted by molar-refractivity contribution is 0.122. The van der Waals surface area contributed by atoms with Crippen LogP contribution in [0.4, 0.5) is 17.8 Å². The van der Waals surface area contributed by atoms with Gasteiger partial charge in [-0.3, -0.25) is 5.32 Å². The van der Waals surface area contributed by atoms with Crippen LogP contribution >= 0.6 is 0 Å². The van der Waals surface area contributed by atoms with Crippen LogP contribution in [0.2, 0.25) is 0 Å². The number of anilines is 3. The molecule has 3 aromatic rings. The number of morpholine rings is 1. The number of nitrogens with zero attached hydrogens (tertiary/aromatic N) is 5. The lowest BCUT2D eigenvalue weighted by atomic mass is 10.1. The van der Waals surface area contributed by atoms with E-state index in [1.165, 1.54) is 6.33 Å². The molecule has 0 radical (unpaired) electrons. The minimum atomic E-state index is 0. The third-order valence-electron chi connectivity index (χ3n) is 3.98. The van der Waals surface area contributed by atoms with Gasteiger partial charge in [-0.2, -0.15) is 4.98 Å². The van der Waals surface area contributed by atoms with Crippen LogP contribution in [0.5, 0.6) is 5.75 Å². The second-order valence-electron chi connectivity index (χ2n) is 5.64. The predicted molar refractivity (Wildman–Crippen MR) is 108 cm³/mol. The van der Waals surface area contributed by atoms with Crippen molar-refractivity contribution in [3.05, 3.63) is 36.7 Å². The number of benzene rings is 1. The zero-order valence-electron chi connectivity index (χ0n) is 16.3. The summed E-state index contributed by atoms with van der Waals surface area (Å²) in [5, 5.41) is 7.10. The second kappa shape index (κ2) is 9.65. The number of nitrogens with one attached hydrogen (secondary N) is 1. The van der Waals surface area contributed by atoms with E-state index < -0.39 is 0 Å². The number of rotatable bonds is 5. The van der Waals surface area contributed by atoms with Gasteiger partial charge in [0, 0.05) is 26.1 Å². The van der Waals surface area contributed by atoms with Crippen LogP contribution in [-0.4, -0.2) is 53.5 Å². The van der Waals surface area contributed by atoms with Gasteiger partial charge in [0.1, 0.15) is 17.8 Å². The maximum absolute atomic E-state index is 5.35. The Morgan fingerprint density at radius 3 is 2.57 bits per heavy atom. The first-order valence-electron chi connectivity index (χ1n) is 9.22. The van der Waals surface area contributed by atoms with Gasteiger partial charge in [0.25, 0.3) is 0 Å². The van der Waals surface area contributed by atoms with Crippen molar-refractivity contribution < 1.29 is 15.4 Å². The largest absolute Gasteiger partial charge is 0.497 e. The van der Waals surface area contributed by atoms with E-state index in [1.54, 1.807) is 13.2 Å². The normalized spacial score (nSPS) is 13.5. The molecule has 1 saturated heterocycles. The Balaban J connectivity index is 0.000000970. The lowest BCUT2D eigenvalue weighted by Gasteiger charge is -2.26. The van der Waals surface area contributed by atoms with Gasteiger partial charge < -0.3 is 18.9 Å². The van der Waals surface area contributed by atoms with E-state index in [4.69, 9.17) is 14.0 Å². The van der Waals surface area contributed by atoms with Crippen molar-refractivity contribution >= 4 is 17.8 Å². The molecule has 9 heteroatoms. The minimum Gasteiger partial charge on any atom is -0.497 e. The smallest absolute Gasteiger partial charge is 0.234 e. The van der Waals surface area contributed by atoms with Crippen LogP contribution in [0.1, 0.15) is 15.3 Å². The number of hydrogen-bond donors (Lipinski definition) is 1. The van der Waals surface area contributed by atoms with Crippen molar-refractivity contribution in [2.45, 2.75) is 13.8 Å². The molecule has 0 atom stereocenters. The predicted octanol–water partition coefficient (Wildman–Crippen LogP) is 3.39. The fourth-order valence-corrected chi connectivity index (χ4v) is 2.61. The first kappa shape index (κ1) is 19.6. The summed E-state index contributed by atoms with van der Waals surface area (Å²) in [7, 11) is 1.63. The molecule has 1 fully saturated rings. The van der Waals surface area contributed by atoms with E-state index in [2.05, 4.69) is 30.3 Å². The topological polar surface area (TPSA) is 98.4 Å². The molecule has 1 aromatic carbocycles. The summed E-state index contributed by atoms with van der Waals surface area (Å²) in [6.07, 6.45) is 1.47. The molecule has 0 amide bonds.